The summed E-state index contributed by atoms with van der Waals surface area (Å²) in [5, 5.41) is 0. The normalized spacial score (nSPS) is 11.2. The predicted molar refractivity (Wildman–Crippen MR) is 77.9 cm³/mol. The molecular formula is C16H30O2. The van der Waals surface area contributed by atoms with E-state index in [4.69, 9.17) is 4.74 Å². The number of ether oxygens (including phenoxy) is 1. The van der Waals surface area contributed by atoms with Crippen LogP contribution < -0.4 is 0 Å². The molecule has 106 valence electrons. The van der Waals surface area contributed by atoms with Gasteiger partial charge in [0.2, 0.25) is 0 Å². The first-order valence-corrected chi connectivity index (χ1v) is 7.49. The Bertz CT molecular complexity index is 209. The summed E-state index contributed by atoms with van der Waals surface area (Å²) in [4.78, 5) is 10.7. The van der Waals surface area contributed by atoms with Gasteiger partial charge in [0.25, 0.3) is 0 Å². The maximum absolute atomic E-state index is 10.7. The SMILES string of the molecule is CCCCCCCCOCC=CCCCC(C)=O. The molecule has 0 aliphatic rings. The number of rotatable bonds is 13. The van der Waals surface area contributed by atoms with Crippen molar-refractivity contribution >= 4 is 5.78 Å². The van der Waals surface area contributed by atoms with E-state index >= 15 is 0 Å². The lowest BCUT2D eigenvalue weighted by Gasteiger charge is -2.01. The Morgan fingerprint density at radius 1 is 1.00 bits per heavy atom. The number of allylic oxidation sites excluding steroid dienone is 1. The van der Waals surface area contributed by atoms with Crippen molar-refractivity contribution in [2.24, 2.45) is 0 Å². The molecule has 0 aromatic rings. The molecule has 0 spiro atoms. The van der Waals surface area contributed by atoms with Gasteiger partial charge in [0.15, 0.2) is 0 Å². The van der Waals surface area contributed by atoms with Crippen molar-refractivity contribution < 1.29 is 9.53 Å². The van der Waals surface area contributed by atoms with Gasteiger partial charge in [-0.05, 0) is 26.2 Å². The predicted octanol–water partition coefficient (Wildman–Crippen LogP) is 4.68. The first kappa shape index (κ1) is 17.4. The lowest BCUT2D eigenvalue weighted by Crippen LogP contribution is -1.94. The van der Waals surface area contributed by atoms with E-state index in [2.05, 4.69) is 19.1 Å². The highest BCUT2D eigenvalue weighted by Crippen LogP contribution is 2.04. The van der Waals surface area contributed by atoms with Crippen LogP contribution in [-0.4, -0.2) is 19.0 Å². The third-order valence-corrected chi connectivity index (χ3v) is 2.92. The second-order valence-corrected chi connectivity index (χ2v) is 4.91. The third kappa shape index (κ3) is 15.4. The van der Waals surface area contributed by atoms with E-state index in [9.17, 15) is 4.79 Å². The number of carbonyl (C=O) groups is 1. The monoisotopic (exact) mass is 254 g/mol. The molecular weight excluding hydrogens is 224 g/mol. The Labute approximate surface area is 113 Å². The molecule has 0 aliphatic heterocycles. The van der Waals surface area contributed by atoms with Crippen molar-refractivity contribution in [2.45, 2.75) is 71.6 Å². The Balaban J connectivity index is 3.06. The molecule has 2 heteroatoms. The zero-order valence-electron chi connectivity index (χ0n) is 12.2. The molecule has 0 rings (SSSR count). The van der Waals surface area contributed by atoms with Crippen LogP contribution in [0.4, 0.5) is 0 Å². The maximum Gasteiger partial charge on any atom is 0.129 e. The van der Waals surface area contributed by atoms with Crippen LogP contribution >= 0.6 is 0 Å². The van der Waals surface area contributed by atoms with Crippen molar-refractivity contribution in [3.05, 3.63) is 12.2 Å². The van der Waals surface area contributed by atoms with Crippen LogP contribution in [0.5, 0.6) is 0 Å². The third-order valence-electron chi connectivity index (χ3n) is 2.92. The molecule has 2 nitrogen and oxygen atoms in total. The zero-order chi connectivity index (χ0) is 13.5. The van der Waals surface area contributed by atoms with Crippen molar-refractivity contribution in [1.82, 2.24) is 0 Å². The summed E-state index contributed by atoms with van der Waals surface area (Å²) >= 11 is 0. The topological polar surface area (TPSA) is 26.3 Å². The van der Waals surface area contributed by atoms with E-state index in [1.807, 2.05) is 0 Å². The van der Waals surface area contributed by atoms with E-state index in [-0.39, 0.29) is 5.78 Å². The average Bonchev–Trinajstić information content (AvgIpc) is 2.34. The van der Waals surface area contributed by atoms with Crippen molar-refractivity contribution in [3.63, 3.8) is 0 Å². The standard InChI is InChI=1S/C16H30O2/c1-3-4-5-6-8-11-14-18-15-12-9-7-10-13-16(2)17/h9,12H,3-8,10-11,13-15H2,1-2H3. The summed E-state index contributed by atoms with van der Waals surface area (Å²) in [5.74, 6) is 0.280. The summed E-state index contributed by atoms with van der Waals surface area (Å²) in [6.07, 6.45) is 14.7. The minimum atomic E-state index is 0.280. The highest BCUT2D eigenvalue weighted by molar-refractivity contribution is 5.75. The van der Waals surface area contributed by atoms with Gasteiger partial charge in [-0.25, -0.2) is 0 Å². The molecule has 0 N–H and O–H groups in total. The molecule has 0 fully saturated rings. The fraction of sp³-hybridized carbons (Fsp3) is 0.812. The summed E-state index contributed by atoms with van der Waals surface area (Å²) in [5.41, 5.74) is 0. The molecule has 0 bridgehead atoms. The number of carbonyl (C=O) groups excluding carboxylic acids is 1. The van der Waals surface area contributed by atoms with Crippen LogP contribution in [-0.2, 0) is 9.53 Å². The van der Waals surface area contributed by atoms with Crippen molar-refractivity contribution in [2.75, 3.05) is 13.2 Å². The minimum Gasteiger partial charge on any atom is -0.377 e. The Morgan fingerprint density at radius 2 is 1.72 bits per heavy atom. The number of unbranched alkanes of at least 4 members (excludes halogenated alkanes) is 6. The molecule has 0 radical (unpaired) electrons. The largest absolute Gasteiger partial charge is 0.377 e. The molecule has 0 amide bonds. The lowest BCUT2D eigenvalue weighted by molar-refractivity contribution is -0.117. The van der Waals surface area contributed by atoms with Gasteiger partial charge in [0, 0.05) is 13.0 Å². The Morgan fingerprint density at radius 3 is 2.44 bits per heavy atom. The number of hydrogen-bond donors (Lipinski definition) is 0. The van der Waals surface area contributed by atoms with E-state index in [0.29, 0.717) is 6.42 Å². The quantitative estimate of drug-likeness (QED) is 0.352. The molecule has 0 saturated heterocycles. The van der Waals surface area contributed by atoms with Gasteiger partial charge in [0.05, 0.1) is 6.61 Å². The van der Waals surface area contributed by atoms with Crippen LogP contribution in [0.1, 0.15) is 71.6 Å². The number of hydrogen-bond acceptors (Lipinski definition) is 2. The second kappa shape index (κ2) is 14.4. The van der Waals surface area contributed by atoms with Gasteiger partial charge in [-0.3, -0.25) is 0 Å². The molecule has 0 saturated carbocycles. The van der Waals surface area contributed by atoms with E-state index < -0.39 is 0 Å². The summed E-state index contributed by atoms with van der Waals surface area (Å²) in [7, 11) is 0. The van der Waals surface area contributed by atoms with E-state index in [1.54, 1.807) is 6.92 Å². The molecule has 0 aromatic heterocycles. The van der Waals surface area contributed by atoms with Gasteiger partial charge in [-0.1, -0.05) is 51.2 Å². The average molecular weight is 254 g/mol. The van der Waals surface area contributed by atoms with Crippen LogP contribution in [0.15, 0.2) is 12.2 Å². The number of ketones is 1. The second-order valence-electron chi connectivity index (χ2n) is 4.91. The molecule has 0 aromatic carbocycles. The van der Waals surface area contributed by atoms with E-state index in [1.165, 1.54) is 38.5 Å². The summed E-state index contributed by atoms with van der Waals surface area (Å²) in [6, 6.07) is 0. The highest BCUT2D eigenvalue weighted by atomic mass is 16.5. The fourth-order valence-electron chi connectivity index (χ4n) is 1.79. The lowest BCUT2D eigenvalue weighted by atomic mass is 10.1. The molecule has 18 heavy (non-hydrogen) atoms. The zero-order valence-corrected chi connectivity index (χ0v) is 12.2. The van der Waals surface area contributed by atoms with Gasteiger partial charge in [0.1, 0.15) is 5.78 Å². The first-order chi connectivity index (χ1) is 8.77. The Hall–Kier alpha value is -0.630. The van der Waals surface area contributed by atoms with Crippen LogP contribution in [0.2, 0.25) is 0 Å². The molecule has 0 unspecified atom stereocenters. The Kier molecular flexibility index (Phi) is 13.9. The van der Waals surface area contributed by atoms with Gasteiger partial charge >= 0.3 is 0 Å². The molecule has 0 heterocycles. The van der Waals surface area contributed by atoms with E-state index in [0.717, 1.165) is 26.1 Å². The number of Topliss-reactive ketones (excluding diaryl/α,β-unsaturated/α-hetero) is 1. The van der Waals surface area contributed by atoms with Gasteiger partial charge in [-0.2, -0.15) is 0 Å². The van der Waals surface area contributed by atoms with Crippen molar-refractivity contribution in [1.29, 1.82) is 0 Å². The van der Waals surface area contributed by atoms with Crippen LogP contribution in [0, 0.1) is 0 Å². The summed E-state index contributed by atoms with van der Waals surface area (Å²) < 4.78 is 5.51. The van der Waals surface area contributed by atoms with Gasteiger partial charge in [-0.15, -0.1) is 0 Å². The van der Waals surface area contributed by atoms with Crippen LogP contribution in [0.25, 0.3) is 0 Å². The summed E-state index contributed by atoms with van der Waals surface area (Å²) in [6.45, 7) is 5.48. The first-order valence-electron chi connectivity index (χ1n) is 7.49. The maximum atomic E-state index is 10.7. The molecule has 0 atom stereocenters. The highest BCUT2D eigenvalue weighted by Gasteiger charge is 1.91. The van der Waals surface area contributed by atoms with Crippen molar-refractivity contribution in [3.8, 4) is 0 Å². The van der Waals surface area contributed by atoms with Crippen LogP contribution in [0.3, 0.4) is 0 Å². The molecule has 0 aliphatic carbocycles. The smallest absolute Gasteiger partial charge is 0.129 e. The van der Waals surface area contributed by atoms with Gasteiger partial charge < -0.3 is 9.53 Å². The minimum absolute atomic E-state index is 0.280. The fourth-order valence-corrected chi connectivity index (χ4v) is 1.79.